The Kier molecular flexibility index (Phi) is 4.27. The van der Waals surface area contributed by atoms with Crippen LogP contribution in [0.1, 0.15) is 23.2 Å². The van der Waals surface area contributed by atoms with Crippen molar-refractivity contribution in [2.75, 3.05) is 24.7 Å². The van der Waals surface area contributed by atoms with E-state index in [4.69, 9.17) is 4.98 Å². The Morgan fingerprint density at radius 3 is 2.77 bits per heavy atom. The topological polar surface area (TPSA) is 101 Å². The molecule has 0 spiro atoms. The molecule has 0 radical (unpaired) electrons. The number of carbonyl (C=O) groups is 1. The maximum Gasteiger partial charge on any atom is 0.257 e. The highest BCUT2D eigenvalue weighted by atomic mass is 19.1. The molecule has 1 saturated carbocycles. The van der Waals surface area contributed by atoms with Crippen molar-refractivity contribution in [2.45, 2.75) is 25.1 Å². The highest BCUT2D eigenvalue weighted by Gasteiger charge is 2.33. The average Bonchev–Trinajstić information content (AvgIpc) is 3.42. The van der Waals surface area contributed by atoms with E-state index in [2.05, 4.69) is 26.0 Å². The van der Waals surface area contributed by atoms with Gasteiger partial charge in [0.15, 0.2) is 11.3 Å². The highest BCUT2D eigenvalue weighted by molar-refractivity contribution is 6.00. The molecule has 9 nitrogen and oxygen atoms in total. The van der Waals surface area contributed by atoms with E-state index in [-0.39, 0.29) is 5.91 Å². The summed E-state index contributed by atoms with van der Waals surface area (Å²) in [4.78, 5) is 21.9. The van der Waals surface area contributed by atoms with Crippen LogP contribution >= 0.6 is 0 Å². The minimum absolute atomic E-state index is 0.307. The molecule has 154 valence electrons. The molecule has 0 unspecified atom stereocenters. The van der Waals surface area contributed by atoms with Crippen LogP contribution < -0.4 is 16.0 Å². The van der Waals surface area contributed by atoms with Crippen LogP contribution in [-0.2, 0) is 0 Å². The predicted molar refractivity (Wildman–Crippen MR) is 112 cm³/mol. The molecule has 1 fully saturated rings. The Bertz CT molecular complexity index is 1260. The van der Waals surface area contributed by atoms with Crippen molar-refractivity contribution in [3.8, 4) is 11.4 Å². The second kappa shape index (κ2) is 6.97. The zero-order valence-corrected chi connectivity index (χ0v) is 16.6. The van der Waals surface area contributed by atoms with Crippen molar-refractivity contribution < 1.29 is 9.18 Å². The van der Waals surface area contributed by atoms with Crippen molar-refractivity contribution in [2.24, 2.45) is 0 Å². The molecule has 1 aliphatic carbocycles. The molecule has 5 rings (SSSR count). The SMILES string of the molecule is CNc1ccc(-c2cc(NC)n3ncc(C(=O)N[C@H]4CC[C@@H]4F)c3n2)n2ccnc12. The fourth-order valence-electron chi connectivity index (χ4n) is 3.72. The van der Waals surface area contributed by atoms with Crippen LogP contribution in [0.5, 0.6) is 0 Å². The number of nitrogens with one attached hydrogen (secondary N) is 3. The van der Waals surface area contributed by atoms with Gasteiger partial charge in [-0.25, -0.2) is 14.4 Å². The quantitative estimate of drug-likeness (QED) is 0.469. The number of hydrogen-bond donors (Lipinski definition) is 3. The van der Waals surface area contributed by atoms with Gasteiger partial charge in [0.05, 0.1) is 29.3 Å². The van der Waals surface area contributed by atoms with Gasteiger partial charge in [0.25, 0.3) is 5.91 Å². The number of rotatable bonds is 5. The highest BCUT2D eigenvalue weighted by Crippen LogP contribution is 2.28. The van der Waals surface area contributed by atoms with Crippen molar-refractivity contribution in [3.05, 3.63) is 42.4 Å². The molecule has 2 atom stereocenters. The Morgan fingerprint density at radius 1 is 1.20 bits per heavy atom. The van der Waals surface area contributed by atoms with Crippen LogP contribution in [-0.4, -0.2) is 56.2 Å². The van der Waals surface area contributed by atoms with Crippen molar-refractivity contribution in [1.82, 2.24) is 29.3 Å². The Balaban J connectivity index is 1.63. The molecule has 1 amide bonds. The maximum absolute atomic E-state index is 13.6. The Morgan fingerprint density at radius 2 is 2.07 bits per heavy atom. The van der Waals surface area contributed by atoms with Gasteiger partial charge in [-0.15, -0.1) is 0 Å². The number of amides is 1. The van der Waals surface area contributed by atoms with Gasteiger partial charge in [0, 0.05) is 32.6 Å². The lowest BCUT2D eigenvalue weighted by Crippen LogP contribution is -2.48. The first-order valence-electron chi connectivity index (χ1n) is 9.76. The smallest absolute Gasteiger partial charge is 0.257 e. The number of aromatic nitrogens is 5. The lowest BCUT2D eigenvalue weighted by atomic mass is 9.90. The third-order valence-electron chi connectivity index (χ3n) is 5.56. The molecule has 3 N–H and O–H groups in total. The summed E-state index contributed by atoms with van der Waals surface area (Å²) in [6.45, 7) is 0. The van der Waals surface area contributed by atoms with Gasteiger partial charge in [-0.3, -0.25) is 9.20 Å². The summed E-state index contributed by atoms with van der Waals surface area (Å²) in [5.41, 5.74) is 3.84. The van der Waals surface area contributed by atoms with Gasteiger partial charge >= 0.3 is 0 Å². The van der Waals surface area contributed by atoms with Gasteiger partial charge in [-0.05, 0) is 25.0 Å². The monoisotopic (exact) mass is 408 g/mol. The molecular formula is C20H21FN8O. The molecule has 0 aromatic carbocycles. The molecular weight excluding hydrogens is 387 g/mol. The lowest BCUT2D eigenvalue weighted by Gasteiger charge is -2.30. The number of anilines is 2. The lowest BCUT2D eigenvalue weighted by molar-refractivity contribution is 0.0826. The van der Waals surface area contributed by atoms with E-state index in [1.54, 1.807) is 17.8 Å². The number of fused-ring (bicyclic) bond motifs is 2. The number of alkyl halides is 1. The minimum Gasteiger partial charge on any atom is -0.385 e. The van der Waals surface area contributed by atoms with E-state index in [1.165, 1.54) is 6.20 Å². The molecule has 30 heavy (non-hydrogen) atoms. The summed E-state index contributed by atoms with van der Waals surface area (Å²) < 4.78 is 17.1. The summed E-state index contributed by atoms with van der Waals surface area (Å²) in [6.07, 6.45) is 5.18. The number of pyridine rings is 1. The molecule has 1 aliphatic rings. The van der Waals surface area contributed by atoms with Gasteiger partial charge in [-0.2, -0.15) is 9.61 Å². The Labute approximate surface area is 171 Å². The van der Waals surface area contributed by atoms with Crippen LogP contribution in [0.2, 0.25) is 0 Å². The summed E-state index contributed by atoms with van der Waals surface area (Å²) in [5.74, 6) is 0.300. The fraction of sp³-hybridized carbons (Fsp3) is 0.300. The summed E-state index contributed by atoms with van der Waals surface area (Å²) in [6, 6.07) is 5.29. The van der Waals surface area contributed by atoms with Crippen LogP contribution in [0.3, 0.4) is 0 Å². The molecule has 10 heteroatoms. The maximum atomic E-state index is 13.6. The van der Waals surface area contributed by atoms with E-state index < -0.39 is 12.2 Å². The number of carbonyl (C=O) groups excluding carboxylic acids is 1. The van der Waals surface area contributed by atoms with Gasteiger partial charge < -0.3 is 16.0 Å². The van der Waals surface area contributed by atoms with Crippen molar-refractivity contribution in [1.29, 1.82) is 0 Å². The molecule has 0 bridgehead atoms. The van der Waals surface area contributed by atoms with E-state index in [0.717, 1.165) is 17.0 Å². The first-order chi connectivity index (χ1) is 14.6. The zero-order chi connectivity index (χ0) is 20.8. The number of halogens is 1. The minimum atomic E-state index is -0.993. The van der Waals surface area contributed by atoms with E-state index >= 15 is 0 Å². The number of imidazole rings is 1. The summed E-state index contributed by atoms with van der Waals surface area (Å²) in [5, 5.41) is 13.3. The van der Waals surface area contributed by atoms with Crippen molar-refractivity contribution >= 4 is 28.7 Å². The van der Waals surface area contributed by atoms with E-state index in [9.17, 15) is 9.18 Å². The standard InChI is InChI=1S/C20H21FN8O/c1-22-14-5-6-16(28-8-7-24-19(14)28)15-9-17(23-2)29-18(26-15)11(10-25-29)20(30)27-13-4-3-12(13)21/h5-10,12-13,22-23H,3-4H2,1-2H3,(H,27,30)/t12-,13-/m0/s1. The molecule has 4 aromatic rings. The second-order valence-corrected chi connectivity index (χ2v) is 7.25. The summed E-state index contributed by atoms with van der Waals surface area (Å²) >= 11 is 0. The second-order valence-electron chi connectivity index (χ2n) is 7.25. The molecule has 0 saturated heterocycles. The summed E-state index contributed by atoms with van der Waals surface area (Å²) in [7, 11) is 3.62. The number of hydrogen-bond acceptors (Lipinski definition) is 6. The molecule has 0 aliphatic heterocycles. The normalized spacial score (nSPS) is 18.4. The predicted octanol–water partition coefficient (Wildman–Crippen LogP) is 2.36. The van der Waals surface area contributed by atoms with E-state index in [1.807, 2.05) is 35.8 Å². The van der Waals surface area contributed by atoms with Crippen LogP contribution in [0.4, 0.5) is 15.9 Å². The molecule has 4 aromatic heterocycles. The van der Waals surface area contributed by atoms with Crippen LogP contribution in [0.15, 0.2) is 36.8 Å². The molecule has 4 heterocycles. The third kappa shape index (κ3) is 2.75. The van der Waals surface area contributed by atoms with Crippen molar-refractivity contribution in [3.63, 3.8) is 0 Å². The van der Waals surface area contributed by atoms with Crippen LogP contribution in [0.25, 0.3) is 22.7 Å². The van der Waals surface area contributed by atoms with Gasteiger partial charge in [-0.1, -0.05) is 0 Å². The van der Waals surface area contributed by atoms with Crippen LogP contribution in [0, 0.1) is 0 Å². The van der Waals surface area contributed by atoms with E-state index in [0.29, 0.717) is 35.6 Å². The Hall–Kier alpha value is -3.69. The largest absolute Gasteiger partial charge is 0.385 e. The first kappa shape index (κ1) is 18.3. The fourth-order valence-corrected chi connectivity index (χ4v) is 3.72. The number of nitrogens with zero attached hydrogens (tertiary/aromatic N) is 5. The van der Waals surface area contributed by atoms with Gasteiger partial charge in [0.2, 0.25) is 0 Å². The van der Waals surface area contributed by atoms with Gasteiger partial charge in [0.1, 0.15) is 17.6 Å². The third-order valence-corrected chi connectivity index (χ3v) is 5.56. The zero-order valence-electron chi connectivity index (χ0n) is 16.6. The first-order valence-corrected chi connectivity index (χ1v) is 9.76. The average molecular weight is 408 g/mol.